The fraction of sp³-hybridized carbons (Fsp3) is 0.406. The molecule has 0 aliphatic carbocycles. The summed E-state index contributed by atoms with van der Waals surface area (Å²) >= 11 is 0. The maximum atomic E-state index is 14.8. The van der Waals surface area contributed by atoms with Crippen molar-refractivity contribution >= 4 is 5.91 Å². The second-order valence-electron chi connectivity index (χ2n) is 11.6. The minimum absolute atomic E-state index is 0.00586. The molecule has 2 aliphatic heterocycles. The van der Waals surface area contributed by atoms with E-state index >= 15 is 0 Å². The lowest BCUT2D eigenvalue weighted by Gasteiger charge is -2.29. The van der Waals surface area contributed by atoms with E-state index in [2.05, 4.69) is 0 Å². The van der Waals surface area contributed by atoms with Gasteiger partial charge in [-0.1, -0.05) is 19.9 Å². The smallest absolute Gasteiger partial charge is 0.416 e. The second kappa shape index (κ2) is 11.2. The van der Waals surface area contributed by atoms with Crippen LogP contribution in [-0.2, 0) is 23.3 Å². The molecule has 0 N–H and O–H groups in total. The Hall–Kier alpha value is -3.77. The highest BCUT2D eigenvalue weighted by Gasteiger charge is 2.50. The third-order valence-corrected chi connectivity index (χ3v) is 8.58. The number of nitrogens with zero attached hydrogens (tertiary/aromatic N) is 1. The van der Waals surface area contributed by atoms with Crippen LogP contribution in [0, 0.1) is 5.82 Å². The van der Waals surface area contributed by atoms with E-state index in [-0.39, 0.29) is 58.4 Å². The van der Waals surface area contributed by atoms with Gasteiger partial charge in [0, 0.05) is 30.0 Å². The van der Waals surface area contributed by atoms with Crippen LogP contribution in [0.3, 0.4) is 0 Å². The summed E-state index contributed by atoms with van der Waals surface area (Å²) in [6.45, 7) is 3.45. The number of carbonyl (C=O) groups is 1. The van der Waals surface area contributed by atoms with Crippen molar-refractivity contribution in [2.75, 3.05) is 7.11 Å². The molecule has 0 aromatic heterocycles. The van der Waals surface area contributed by atoms with E-state index < -0.39 is 71.4 Å². The highest BCUT2D eigenvalue weighted by molar-refractivity contribution is 5.83. The quantitative estimate of drug-likeness (QED) is 0.258. The van der Waals surface area contributed by atoms with Crippen LogP contribution in [0.1, 0.15) is 84.4 Å². The van der Waals surface area contributed by atoms with Crippen LogP contribution in [0.2, 0.25) is 0 Å². The van der Waals surface area contributed by atoms with E-state index in [0.717, 1.165) is 18.2 Å². The Kier molecular flexibility index (Phi) is 8.14. The Morgan fingerprint density at radius 1 is 0.778 bits per heavy atom. The predicted molar refractivity (Wildman–Crippen MR) is 144 cm³/mol. The summed E-state index contributed by atoms with van der Waals surface area (Å²) in [7, 11) is 1.27. The minimum atomic E-state index is -5.09. The van der Waals surface area contributed by atoms with Crippen LogP contribution in [0.4, 0.5) is 43.9 Å². The Morgan fingerprint density at radius 3 is 1.91 bits per heavy atom. The van der Waals surface area contributed by atoms with Crippen molar-refractivity contribution in [1.82, 2.24) is 4.90 Å². The zero-order chi connectivity index (χ0) is 33.2. The molecule has 0 spiro atoms. The Morgan fingerprint density at radius 2 is 1.38 bits per heavy atom. The van der Waals surface area contributed by atoms with Crippen LogP contribution < -0.4 is 4.74 Å². The molecule has 0 unspecified atom stereocenters. The van der Waals surface area contributed by atoms with Gasteiger partial charge in [-0.3, -0.25) is 4.79 Å². The zero-order valence-electron chi connectivity index (χ0n) is 24.1. The molecule has 2 saturated heterocycles. The van der Waals surface area contributed by atoms with Crippen LogP contribution >= 0.6 is 0 Å². The first-order chi connectivity index (χ1) is 20.8. The summed E-state index contributed by atoms with van der Waals surface area (Å²) in [5.41, 5.74) is -3.57. The molecule has 3 atom stereocenters. The van der Waals surface area contributed by atoms with Crippen molar-refractivity contribution < 1.29 is 53.4 Å². The van der Waals surface area contributed by atoms with E-state index in [1.807, 2.05) is 0 Å². The number of rotatable bonds is 5. The van der Waals surface area contributed by atoms with Crippen molar-refractivity contribution in [1.29, 1.82) is 0 Å². The van der Waals surface area contributed by atoms with Gasteiger partial charge in [0.15, 0.2) is 0 Å². The third-order valence-electron chi connectivity index (χ3n) is 8.58. The molecule has 3 aromatic rings. The summed E-state index contributed by atoms with van der Waals surface area (Å²) in [6.07, 6.45) is -15.2. The van der Waals surface area contributed by atoms with Crippen LogP contribution in [-0.4, -0.2) is 24.0 Å². The largest absolute Gasteiger partial charge is 0.496 e. The SMILES string of the molecule is COc1cc(F)c(C(C)C)cc1-c1ccc(C(F)(F)F)cc1[C@@H]1CC[C@H]2[C@@H](c3cc(C(F)(F)F)cc(C(F)(F)F)c3)CC(=O)N12. The molecule has 2 fully saturated rings. The van der Waals surface area contributed by atoms with Gasteiger partial charge < -0.3 is 9.64 Å². The number of fused-ring (bicyclic) bond motifs is 1. The van der Waals surface area contributed by atoms with Gasteiger partial charge in [-0.2, -0.15) is 39.5 Å². The first-order valence-electron chi connectivity index (χ1n) is 14.0. The van der Waals surface area contributed by atoms with Gasteiger partial charge in [0.25, 0.3) is 0 Å². The molecule has 0 bridgehead atoms. The van der Waals surface area contributed by atoms with Gasteiger partial charge in [0.05, 0.1) is 29.8 Å². The summed E-state index contributed by atoms with van der Waals surface area (Å²) in [6, 6.07) is 4.85. The lowest BCUT2D eigenvalue weighted by atomic mass is 9.87. The number of carbonyl (C=O) groups excluding carboxylic acids is 1. The third kappa shape index (κ3) is 6.09. The van der Waals surface area contributed by atoms with Crippen molar-refractivity contribution in [3.63, 3.8) is 0 Å². The van der Waals surface area contributed by atoms with Crippen LogP contribution in [0.5, 0.6) is 5.75 Å². The molecule has 45 heavy (non-hydrogen) atoms. The van der Waals surface area contributed by atoms with Crippen LogP contribution in [0.25, 0.3) is 11.1 Å². The van der Waals surface area contributed by atoms with E-state index in [4.69, 9.17) is 4.74 Å². The summed E-state index contributed by atoms with van der Waals surface area (Å²) in [4.78, 5) is 14.7. The molecule has 0 saturated carbocycles. The molecule has 242 valence electrons. The van der Waals surface area contributed by atoms with Crippen molar-refractivity contribution in [2.45, 2.75) is 75.6 Å². The average molecular weight is 648 g/mol. The van der Waals surface area contributed by atoms with Crippen molar-refractivity contribution in [3.05, 3.63) is 87.7 Å². The van der Waals surface area contributed by atoms with Gasteiger partial charge in [-0.25, -0.2) is 4.39 Å². The molecular formula is C32H27F10NO2. The standard InChI is InChI=1S/C32H27F10NO2/c1-15(2)21-12-24(28(45-3)14-25(21)33)20-5-4-17(30(34,35)36)11-23(20)27-7-6-26-22(13-29(44)43(26)27)16-8-18(31(37,38)39)10-19(9-16)32(40,41)42/h4-5,8-12,14-15,22,26-27H,6-7,13H2,1-3H3/t22-,26+,27+/m1/s1. The first-order valence-corrected chi connectivity index (χ1v) is 14.0. The molecule has 1 amide bonds. The van der Waals surface area contributed by atoms with Gasteiger partial charge in [0.2, 0.25) is 5.91 Å². The first kappa shape index (κ1) is 32.6. The number of amides is 1. The van der Waals surface area contributed by atoms with E-state index in [9.17, 15) is 48.7 Å². The minimum Gasteiger partial charge on any atom is -0.496 e. The van der Waals surface area contributed by atoms with Crippen molar-refractivity contribution in [3.8, 4) is 16.9 Å². The highest BCUT2D eigenvalue weighted by Crippen LogP contribution is 2.52. The number of hydrogen-bond donors (Lipinski definition) is 0. The lowest BCUT2D eigenvalue weighted by molar-refractivity contribution is -0.143. The number of benzene rings is 3. The zero-order valence-corrected chi connectivity index (χ0v) is 24.1. The molecule has 13 heteroatoms. The number of ether oxygens (including phenoxy) is 1. The number of hydrogen-bond acceptors (Lipinski definition) is 2. The maximum Gasteiger partial charge on any atom is 0.416 e. The Balaban J connectivity index is 1.64. The van der Waals surface area contributed by atoms with E-state index in [1.165, 1.54) is 24.1 Å². The Labute approximate surface area is 251 Å². The lowest BCUT2D eigenvalue weighted by Crippen LogP contribution is -2.31. The Bertz CT molecular complexity index is 1590. The highest BCUT2D eigenvalue weighted by atomic mass is 19.4. The summed E-state index contributed by atoms with van der Waals surface area (Å²) < 4.78 is 143. The number of methoxy groups -OCH3 is 1. The number of alkyl halides is 9. The molecule has 0 radical (unpaired) electrons. The van der Waals surface area contributed by atoms with E-state index in [0.29, 0.717) is 12.1 Å². The molecule has 3 nitrogen and oxygen atoms in total. The van der Waals surface area contributed by atoms with Crippen molar-refractivity contribution in [2.24, 2.45) is 0 Å². The fourth-order valence-corrected chi connectivity index (χ4v) is 6.51. The molecule has 3 aromatic carbocycles. The van der Waals surface area contributed by atoms with Gasteiger partial charge in [-0.15, -0.1) is 0 Å². The monoisotopic (exact) mass is 647 g/mol. The second-order valence-corrected chi connectivity index (χ2v) is 11.6. The molecule has 2 aliphatic rings. The van der Waals surface area contributed by atoms with Gasteiger partial charge in [0.1, 0.15) is 11.6 Å². The normalized spacial score (nSPS) is 20.7. The van der Waals surface area contributed by atoms with Gasteiger partial charge >= 0.3 is 18.5 Å². The average Bonchev–Trinajstić information content (AvgIpc) is 3.52. The molecule has 2 heterocycles. The predicted octanol–water partition coefficient (Wildman–Crippen LogP) is 9.90. The van der Waals surface area contributed by atoms with E-state index in [1.54, 1.807) is 13.8 Å². The molecular weight excluding hydrogens is 620 g/mol. The topological polar surface area (TPSA) is 29.5 Å². The van der Waals surface area contributed by atoms with Crippen LogP contribution in [0.15, 0.2) is 48.5 Å². The fourth-order valence-electron chi connectivity index (χ4n) is 6.51. The van der Waals surface area contributed by atoms with Gasteiger partial charge in [-0.05, 0) is 77.4 Å². The molecule has 5 rings (SSSR count). The number of halogens is 10. The summed E-state index contributed by atoms with van der Waals surface area (Å²) in [5.74, 6) is -2.54. The maximum absolute atomic E-state index is 14.8. The summed E-state index contributed by atoms with van der Waals surface area (Å²) in [5, 5.41) is 0.